The summed E-state index contributed by atoms with van der Waals surface area (Å²) >= 11 is 0. The van der Waals surface area contributed by atoms with Gasteiger partial charge in [-0.3, -0.25) is 9.59 Å². The molecule has 0 saturated carbocycles. The Labute approximate surface area is 169 Å². The molecule has 3 aliphatic rings. The standard InChI is InChI=1S/C21H27FN4O3/c1-3-26-19(28)17-12-25(14(2)27)13-18(17)21(26)8-10-24(11-9-21)20(29)23-16-6-4-15(22)5-7-16/h4-7,17-18H,3,8-13H2,1-2H3,(H,23,29)/t17-,18-/m1/s1. The monoisotopic (exact) mass is 402 g/mol. The molecule has 2 atom stereocenters. The first-order valence-electron chi connectivity index (χ1n) is 10.2. The molecule has 3 heterocycles. The Hall–Kier alpha value is -2.64. The van der Waals surface area contributed by atoms with E-state index in [1.807, 2.05) is 11.8 Å². The fourth-order valence-corrected chi connectivity index (χ4v) is 5.42. The van der Waals surface area contributed by atoms with Crippen LogP contribution in [0, 0.1) is 17.7 Å². The molecule has 3 fully saturated rings. The van der Waals surface area contributed by atoms with Gasteiger partial charge in [0.1, 0.15) is 5.82 Å². The van der Waals surface area contributed by atoms with E-state index in [9.17, 15) is 18.8 Å². The van der Waals surface area contributed by atoms with Crippen molar-refractivity contribution in [3.8, 4) is 0 Å². The van der Waals surface area contributed by atoms with Crippen molar-refractivity contribution in [1.29, 1.82) is 0 Å². The van der Waals surface area contributed by atoms with E-state index in [0.717, 1.165) is 0 Å². The molecule has 1 aromatic rings. The van der Waals surface area contributed by atoms with Gasteiger partial charge in [-0.05, 0) is 44.0 Å². The largest absolute Gasteiger partial charge is 0.342 e. The third-order valence-corrected chi connectivity index (χ3v) is 6.90. The van der Waals surface area contributed by atoms with E-state index < -0.39 is 0 Å². The van der Waals surface area contributed by atoms with Crippen LogP contribution in [0.1, 0.15) is 26.7 Å². The number of hydrogen-bond acceptors (Lipinski definition) is 3. The van der Waals surface area contributed by atoms with Gasteiger partial charge in [-0.2, -0.15) is 0 Å². The normalized spacial score (nSPS) is 25.5. The second-order valence-electron chi connectivity index (χ2n) is 8.25. The first-order chi connectivity index (χ1) is 13.9. The fraction of sp³-hybridized carbons (Fsp3) is 0.571. The first-order valence-corrected chi connectivity index (χ1v) is 10.2. The number of halogens is 1. The number of amides is 4. The van der Waals surface area contributed by atoms with Crippen LogP contribution in [0.25, 0.3) is 0 Å². The van der Waals surface area contributed by atoms with Gasteiger partial charge in [0, 0.05) is 51.3 Å². The van der Waals surface area contributed by atoms with Crippen molar-refractivity contribution >= 4 is 23.5 Å². The van der Waals surface area contributed by atoms with Crippen LogP contribution in [0.4, 0.5) is 14.9 Å². The average Bonchev–Trinajstić information content (AvgIpc) is 3.24. The third kappa shape index (κ3) is 3.24. The van der Waals surface area contributed by atoms with Crippen LogP contribution in [0.2, 0.25) is 0 Å². The van der Waals surface area contributed by atoms with Gasteiger partial charge in [-0.1, -0.05) is 0 Å². The number of piperidine rings is 1. The Morgan fingerprint density at radius 2 is 1.79 bits per heavy atom. The number of benzene rings is 1. The lowest BCUT2D eigenvalue weighted by atomic mass is 9.75. The number of urea groups is 1. The molecular formula is C21H27FN4O3. The molecule has 156 valence electrons. The molecule has 1 aromatic carbocycles. The highest BCUT2D eigenvalue weighted by molar-refractivity contribution is 5.89. The van der Waals surface area contributed by atoms with Crippen molar-refractivity contribution in [2.75, 3.05) is 38.0 Å². The molecular weight excluding hydrogens is 375 g/mol. The van der Waals surface area contributed by atoms with Crippen LogP contribution in [0.5, 0.6) is 0 Å². The zero-order valence-corrected chi connectivity index (χ0v) is 16.9. The van der Waals surface area contributed by atoms with Gasteiger partial charge >= 0.3 is 6.03 Å². The van der Waals surface area contributed by atoms with E-state index in [0.29, 0.717) is 51.3 Å². The minimum absolute atomic E-state index is 0.0153. The Balaban J connectivity index is 1.46. The Morgan fingerprint density at radius 1 is 1.14 bits per heavy atom. The van der Waals surface area contributed by atoms with Crippen molar-refractivity contribution in [3.05, 3.63) is 30.1 Å². The molecule has 7 nitrogen and oxygen atoms in total. The van der Waals surface area contributed by atoms with Gasteiger partial charge in [0.25, 0.3) is 0 Å². The summed E-state index contributed by atoms with van der Waals surface area (Å²) in [6.07, 6.45) is 1.41. The molecule has 0 aliphatic carbocycles. The number of nitrogens with one attached hydrogen (secondary N) is 1. The highest BCUT2D eigenvalue weighted by atomic mass is 19.1. The lowest BCUT2D eigenvalue weighted by Crippen LogP contribution is -2.58. The maximum atomic E-state index is 13.1. The molecule has 3 aliphatic heterocycles. The van der Waals surface area contributed by atoms with Crippen molar-refractivity contribution in [1.82, 2.24) is 14.7 Å². The minimum Gasteiger partial charge on any atom is -0.342 e. The number of nitrogens with zero attached hydrogens (tertiary/aromatic N) is 3. The van der Waals surface area contributed by atoms with Gasteiger partial charge in [-0.15, -0.1) is 0 Å². The van der Waals surface area contributed by atoms with Gasteiger partial charge in [-0.25, -0.2) is 9.18 Å². The summed E-state index contributed by atoms with van der Waals surface area (Å²) in [6, 6.07) is 5.47. The fourth-order valence-electron chi connectivity index (χ4n) is 5.42. The zero-order valence-electron chi connectivity index (χ0n) is 16.9. The number of likely N-dealkylation sites (tertiary alicyclic amines) is 3. The predicted molar refractivity (Wildman–Crippen MR) is 106 cm³/mol. The molecule has 1 spiro atoms. The smallest absolute Gasteiger partial charge is 0.321 e. The maximum absolute atomic E-state index is 13.1. The molecule has 4 rings (SSSR count). The molecule has 0 unspecified atom stereocenters. The number of anilines is 1. The van der Waals surface area contributed by atoms with Gasteiger partial charge in [0.05, 0.1) is 11.5 Å². The SMILES string of the molecule is CCN1C(=O)[C@@H]2CN(C(C)=O)C[C@H]2C12CCN(C(=O)Nc1ccc(F)cc1)CC2. The molecule has 0 aromatic heterocycles. The highest BCUT2D eigenvalue weighted by Crippen LogP contribution is 2.49. The summed E-state index contributed by atoms with van der Waals surface area (Å²) in [7, 11) is 0. The summed E-state index contributed by atoms with van der Waals surface area (Å²) < 4.78 is 13.1. The Kier molecular flexibility index (Phi) is 4.96. The van der Waals surface area contributed by atoms with Crippen LogP contribution >= 0.6 is 0 Å². The van der Waals surface area contributed by atoms with Crippen LogP contribution < -0.4 is 5.32 Å². The lowest BCUT2D eigenvalue weighted by Gasteiger charge is -2.47. The first kappa shape index (κ1) is 19.7. The maximum Gasteiger partial charge on any atom is 0.321 e. The number of hydrogen-bond donors (Lipinski definition) is 1. The quantitative estimate of drug-likeness (QED) is 0.824. The number of carbonyl (C=O) groups is 3. The van der Waals surface area contributed by atoms with Crippen LogP contribution in [-0.4, -0.2) is 70.8 Å². The van der Waals surface area contributed by atoms with Crippen molar-refractivity contribution < 1.29 is 18.8 Å². The highest BCUT2D eigenvalue weighted by Gasteiger charge is 2.61. The predicted octanol–water partition coefficient (Wildman–Crippen LogP) is 2.15. The topological polar surface area (TPSA) is 73.0 Å². The summed E-state index contributed by atoms with van der Waals surface area (Å²) in [5.74, 6) is -0.189. The Morgan fingerprint density at radius 3 is 2.38 bits per heavy atom. The number of fused-ring (bicyclic) bond motifs is 2. The summed E-state index contributed by atoms with van der Waals surface area (Å²) in [5.41, 5.74) is 0.267. The lowest BCUT2D eigenvalue weighted by molar-refractivity contribution is -0.136. The van der Waals surface area contributed by atoms with Gasteiger partial charge < -0.3 is 20.0 Å². The Bertz CT molecular complexity index is 820. The minimum atomic E-state index is -0.348. The molecule has 29 heavy (non-hydrogen) atoms. The third-order valence-electron chi connectivity index (χ3n) is 6.90. The van der Waals surface area contributed by atoms with Crippen LogP contribution in [-0.2, 0) is 9.59 Å². The summed E-state index contributed by atoms with van der Waals surface area (Å²) in [5, 5.41) is 2.81. The molecule has 0 bridgehead atoms. The summed E-state index contributed by atoms with van der Waals surface area (Å²) in [6.45, 7) is 6.40. The zero-order chi connectivity index (χ0) is 20.8. The summed E-state index contributed by atoms with van der Waals surface area (Å²) in [4.78, 5) is 43.0. The van der Waals surface area contributed by atoms with E-state index >= 15 is 0 Å². The van der Waals surface area contributed by atoms with Crippen molar-refractivity contribution in [2.45, 2.75) is 32.2 Å². The van der Waals surface area contributed by atoms with Crippen molar-refractivity contribution in [3.63, 3.8) is 0 Å². The van der Waals surface area contributed by atoms with E-state index in [4.69, 9.17) is 0 Å². The van der Waals surface area contributed by atoms with Crippen LogP contribution in [0.3, 0.4) is 0 Å². The number of rotatable bonds is 2. The molecule has 8 heteroatoms. The number of carbonyl (C=O) groups excluding carboxylic acids is 3. The second-order valence-corrected chi connectivity index (χ2v) is 8.25. The second kappa shape index (κ2) is 7.31. The van der Waals surface area contributed by atoms with E-state index in [1.54, 1.807) is 16.7 Å². The average molecular weight is 402 g/mol. The molecule has 1 N–H and O–H groups in total. The van der Waals surface area contributed by atoms with Crippen LogP contribution in [0.15, 0.2) is 24.3 Å². The van der Waals surface area contributed by atoms with E-state index in [2.05, 4.69) is 5.32 Å². The molecule has 3 saturated heterocycles. The van der Waals surface area contributed by atoms with Gasteiger partial charge in [0.2, 0.25) is 11.8 Å². The van der Waals surface area contributed by atoms with Crippen molar-refractivity contribution in [2.24, 2.45) is 11.8 Å². The van der Waals surface area contributed by atoms with E-state index in [1.165, 1.54) is 24.3 Å². The molecule has 0 radical (unpaired) electrons. The van der Waals surface area contributed by atoms with Gasteiger partial charge in [0.15, 0.2) is 0 Å². The molecule has 4 amide bonds. The van der Waals surface area contributed by atoms with E-state index in [-0.39, 0.29) is 41.0 Å².